The molecule has 0 spiro atoms. The highest BCUT2D eigenvalue weighted by Gasteiger charge is 2.39. The Morgan fingerprint density at radius 2 is 2.25 bits per heavy atom. The van der Waals surface area contributed by atoms with Crippen molar-refractivity contribution in [2.45, 2.75) is 38.6 Å². The second-order valence-corrected chi connectivity index (χ2v) is 6.25. The molecule has 2 N–H and O–H groups in total. The molecule has 3 nitrogen and oxygen atoms in total. The third kappa shape index (κ3) is 3.06. The van der Waals surface area contributed by atoms with Gasteiger partial charge in [0.15, 0.2) is 5.11 Å². The molecule has 1 aromatic rings. The third-order valence-corrected chi connectivity index (χ3v) is 4.68. The van der Waals surface area contributed by atoms with Crippen LogP contribution in [0.1, 0.15) is 32.6 Å². The van der Waals surface area contributed by atoms with E-state index in [1.165, 1.54) is 25.7 Å². The molecule has 0 unspecified atom stereocenters. The van der Waals surface area contributed by atoms with Gasteiger partial charge in [-0.3, -0.25) is 0 Å². The van der Waals surface area contributed by atoms with Crippen LogP contribution in [0.2, 0.25) is 0 Å². The van der Waals surface area contributed by atoms with Crippen molar-refractivity contribution in [1.29, 1.82) is 0 Å². The first kappa shape index (κ1) is 13.7. The molecule has 2 saturated carbocycles. The number of benzene rings is 1. The molecule has 1 aromatic carbocycles. The van der Waals surface area contributed by atoms with Gasteiger partial charge in [-0.1, -0.05) is 12.5 Å². The fourth-order valence-corrected chi connectivity index (χ4v) is 3.86. The van der Waals surface area contributed by atoms with Crippen LogP contribution < -0.4 is 15.4 Å². The molecule has 2 aliphatic rings. The third-order valence-electron chi connectivity index (χ3n) is 4.46. The maximum Gasteiger partial charge on any atom is 0.171 e. The van der Waals surface area contributed by atoms with E-state index in [1.807, 2.05) is 31.2 Å². The van der Waals surface area contributed by atoms with E-state index in [-0.39, 0.29) is 0 Å². The SMILES string of the molecule is CCOc1cccc(NC(=S)N[C@H]2C[C@@H]3CC[C@@H]2C3)c1. The van der Waals surface area contributed by atoms with Crippen molar-refractivity contribution in [3.8, 4) is 5.75 Å². The molecule has 20 heavy (non-hydrogen) atoms. The molecule has 3 atom stereocenters. The largest absolute Gasteiger partial charge is 0.494 e. The standard InChI is InChI=1S/C16H22N2OS/c1-2-19-14-5-3-4-13(10-14)17-16(20)18-15-9-11-6-7-12(15)8-11/h3-5,10-12,15H,2,6-9H2,1H3,(H2,17,18,20)/t11-,12-,15+/m1/s1. The van der Waals surface area contributed by atoms with Crippen LogP contribution in [0.15, 0.2) is 24.3 Å². The van der Waals surface area contributed by atoms with Crippen molar-refractivity contribution in [3.05, 3.63) is 24.3 Å². The number of thiocarbonyl (C=S) groups is 1. The predicted octanol–water partition coefficient (Wildman–Crippen LogP) is 3.56. The normalized spacial score (nSPS) is 27.4. The second-order valence-electron chi connectivity index (χ2n) is 5.84. The maximum absolute atomic E-state index is 5.50. The molecular formula is C16H22N2OS. The average molecular weight is 290 g/mol. The average Bonchev–Trinajstić information content (AvgIpc) is 3.01. The number of rotatable bonds is 4. The first-order valence-corrected chi connectivity index (χ1v) is 7.96. The number of hydrogen-bond donors (Lipinski definition) is 2. The monoisotopic (exact) mass is 290 g/mol. The Hall–Kier alpha value is -1.29. The van der Waals surface area contributed by atoms with Crippen LogP contribution in [0.5, 0.6) is 5.75 Å². The van der Waals surface area contributed by atoms with Gasteiger partial charge in [0.25, 0.3) is 0 Å². The fraction of sp³-hybridized carbons (Fsp3) is 0.562. The van der Waals surface area contributed by atoms with Crippen molar-refractivity contribution < 1.29 is 4.74 Å². The van der Waals surface area contributed by atoms with E-state index >= 15 is 0 Å². The smallest absolute Gasteiger partial charge is 0.171 e. The molecule has 2 aliphatic carbocycles. The molecule has 2 fully saturated rings. The van der Waals surface area contributed by atoms with E-state index in [1.54, 1.807) is 0 Å². The summed E-state index contributed by atoms with van der Waals surface area (Å²) in [4.78, 5) is 0. The minimum absolute atomic E-state index is 0.573. The van der Waals surface area contributed by atoms with E-state index in [0.717, 1.165) is 28.4 Å². The molecule has 0 aliphatic heterocycles. The van der Waals surface area contributed by atoms with E-state index in [0.29, 0.717) is 12.6 Å². The molecule has 0 aromatic heterocycles. The molecular weight excluding hydrogens is 268 g/mol. The van der Waals surface area contributed by atoms with Gasteiger partial charge < -0.3 is 15.4 Å². The molecule has 0 heterocycles. The summed E-state index contributed by atoms with van der Waals surface area (Å²) in [5.41, 5.74) is 0.983. The second kappa shape index (κ2) is 6.00. The summed E-state index contributed by atoms with van der Waals surface area (Å²) < 4.78 is 5.50. The first-order chi connectivity index (χ1) is 9.74. The zero-order chi connectivity index (χ0) is 13.9. The summed E-state index contributed by atoms with van der Waals surface area (Å²) in [6.07, 6.45) is 5.45. The Morgan fingerprint density at radius 1 is 1.35 bits per heavy atom. The minimum atomic E-state index is 0.573. The van der Waals surface area contributed by atoms with Gasteiger partial charge in [0.05, 0.1) is 6.61 Å². The van der Waals surface area contributed by atoms with Crippen LogP contribution in [0.3, 0.4) is 0 Å². The number of anilines is 1. The van der Waals surface area contributed by atoms with Gasteiger partial charge in [-0.05, 0) is 62.4 Å². The summed E-state index contributed by atoms with van der Waals surface area (Å²) in [6, 6.07) is 8.51. The summed E-state index contributed by atoms with van der Waals surface area (Å²) >= 11 is 5.43. The van der Waals surface area contributed by atoms with Gasteiger partial charge in [-0.2, -0.15) is 0 Å². The quantitative estimate of drug-likeness (QED) is 0.831. The summed E-state index contributed by atoms with van der Waals surface area (Å²) in [5, 5.41) is 7.49. The van der Waals surface area contributed by atoms with Gasteiger partial charge in [0.1, 0.15) is 5.75 Å². The van der Waals surface area contributed by atoms with E-state index in [4.69, 9.17) is 17.0 Å². The highest BCUT2D eigenvalue weighted by molar-refractivity contribution is 7.80. The number of fused-ring (bicyclic) bond motifs is 2. The Morgan fingerprint density at radius 3 is 2.95 bits per heavy atom. The number of nitrogens with one attached hydrogen (secondary N) is 2. The minimum Gasteiger partial charge on any atom is -0.494 e. The van der Waals surface area contributed by atoms with Gasteiger partial charge in [0.2, 0.25) is 0 Å². The van der Waals surface area contributed by atoms with Gasteiger partial charge >= 0.3 is 0 Å². The molecule has 2 bridgehead atoms. The lowest BCUT2D eigenvalue weighted by Gasteiger charge is -2.24. The van der Waals surface area contributed by atoms with Crippen LogP contribution in [0.25, 0.3) is 0 Å². The topological polar surface area (TPSA) is 33.3 Å². The lowest BCUT2D eigenvalue weighted by Crippen LogP contribution is -2.40. The van der Waals surface area contributed by atoms with E-state index < -0.39 is 0 Å². The highest BCUT2D eigenvalue weighted by Crippen LogP contribution is 2.44. The highest BCUT2D eigenvalue weighted by atomic mass is 32.1. The van der Waals surface area contributed by atoms with Crippen LogP contribution in [0, 0.1) is 11.8 Å². The molecule has 4 heteroatoms. The number of hydrogen-bond acceptors (Lipinski definition) is 2. The summed E-state index contributed by atoms with van der Waals surface area (Å²) in [7, 11) is 0. The number of ether oxygens (including phenoxy) is 1. The lowest BCUT2D eigenvalue weighted by molar-refractivity contribution is 0.340. The summed E-state index contributed by atoms with van der Waals surface area (Å²) in [6.45, 7) is 2.67. The molecule has 0 saturated heterocycles. The lowest BCUT2D eigenvalue weighted by atomic mass is 9.96. The van der Waals surface area contributed by atoms with Crippen molar-refractivity contribution in [1.82, 2.24) is 5.32 Å². The molecule has 108 valence electrons. The Balaban J connectivity index is 1.54. The van der Waals surface area contributed by atoms with Crippen molar-refractivity contribution in [3.63, 3.8) is 0 Å². The fourth-order valence-electron chi connectivity index (χ4n) is 3.59. The maximum atomic E-state index is 5.50. The van der Waals surface area contributed by atoms with Crippen LogP contribution in [0.4, 0.5) is 5.69 Å². The zero-order valence-electron chi connectivity index (χ0n) is 11.9. The van der Waals surface area contributed by atoms with Crippen LogP contribution >= 0.6 is 12.2 Å². The Labute approximate surface area is 126 Å². The van der Waals surface area contributed by atoms with E-state index in [9.17, 15) is 0 Å². The zero-order valence-corrected chi connectivity index (χ0v) is 12.7. The molecule has 0 amide bonds. The van der Waals surface area contributed by atoms with Crippen LogP contribution in [-0.2, 0) is 0 Å². The molecule has 0 radical (unpaired) electrons. The van der Waals surface area contributed by atoms with Gasteiger partial charge in [0, 0.05) is 17.8 Å². The van der Waals surface area contributed by atoms with E-state index in [2.05, 4.69) is 10.6 Å². The summed E-state index contributed by atoms with van der Waals surface area (Å²) in [5.74, 6) is 2.64. The predicted molar refractivity (Wildman–Crippen MR) is 86.2 cm³/mol. The molecule has 3 rings (SSSR count). The van der Waals surface area contributed by atoms with Gasteiger partial charge in [-0.25, -0.2) is 0 Å². The van der Waals surface area contributed by atoms with Crippen molar-refractivity contribution >= 4 is 23.0 Å². The first-order valence-electron chi connectivity index (χ1n) is 7.55. The van der Waals surface area contributed by atoms with Crippen molar-refractivity contribution in [2.24, 2.45) is 11.8 Å². The van der Waals surface area contributed by atoms with Crippen LogP contribution in [-0.4, -0.2) is 17.8 Å². The Kier molecular flexibility index (Phi) is 4.10. The Bertz CT molecular complexity index is 491. The van der Waals surface area contributed by atoms with Gasteiger partial charge in [-0.15, -0.1) is 0 Å². The van der Waals surface area contributed by atoms with Crippen molar-refractivity contribution in [2.75, 3.05) is 11.9 Å².